The van der Waals surface area contributed by atoms with Crippen molar-refractivity contribution >= 4 is 46.7 Å². The van der Waals surface area contributed by atoms with Crippen LogP contribution in [0.1, 0.15) is 33.1 Å². The van der Waals surface area contributed by atoms with Crippen molar-refractivity contribution in [2.45, 2.75) is 45.2 Å². The summed E-state index contributed by atoms with van der Waals surface area (Å²) in [6, 6.07) is 3.80. The summed E-state index contributed by atoms with van der Waals surface area (Å²) >= 11 is 11.9. The molecule has 27 heavy (non-hydrogen) atoms. The van der Waals surface area contributed by atoms with Crippen molar-refractivity contribution in [3.8, 4) is 0 Å². The smallest absolute Gasteiger partial charge is 0.321 e. The number of halogens is 2. The van der Waals surface area contributed by atoms with Crippen LogP contribution >= 0.6 is 23.2 Å². The Hall–Kier alpha value is -1.83. The highest BCUT2D eigenvalue weighted by Crippen LogP contribution is 2.26. The van der Waals surface area contributed by atoms with Crippen LogP contribution in [0.25, 0.3) is 0 Å². The number of urea groups is 1. The summed E-state index contributed by atoms with van der Waals surface area (Å²) in [6.07, 6.45) is 2.42. The molecule has 0 radical (unpaired) electrons. The number of benzene rings is 1. The molecule has 0 bridgehead atoms. The highest BCUT2D eigenvalue weighted by atomic mass is 35.5. The van der Waals surface area contributed by atoms with Crippen molar-refractivity contribution in [3.05, 3.63) is 28.2 Å². The van der Waals surface area contributed by atoms with Crippen LogP contribution in [0.4, 0.5) is 10.5 Å². The van der Waals surface area contributed by atoms with E-state index in [0.29, 0.717) is 28.7 Å². The van der Waals surface area contributed by atoms with Gasteiger partial charge in [-0.2, -0.15) is 0 Å². The van der Waals surface area contributed by atoms with Crippen molar-refractivity contribution in [1.29, 1.82) is 0 Å². The lowest BCUT2D eigenvalue weighted by Gasteiger charge is -2.34. The van der Waals surface area contributed by atoms with Crippen molar-refractivity contribution in [2.75, 3.05) is 18.4 Å². The third-order valence-corrected chi connectivity index (χ3v) is 4.86. The molecule has 1 fully saturated rings. The van der Waals surface area contributed by atoms with Gasteiger partial charge in [-0.3, -0.25) is 19.8 Å². The number of nitrogens with zero attached hydrogens (tertiary/aromatic N) is 1. The van der Waals surface area contributed by atoms with E-state index in [2.05, 4.69) is 16.0 Å². The molecule has 0 saturated carbocycles. The molecule has 1 unspecified atom stereocenters. The highest BCUT2D eigenvalue weighted by Gasteiger charge is 2.30. The second kappa shape index (κ2) is 9.92. The third-order valence-electron chi connectivity index (χ3n) is 4.12. The van der Waals surface area contributed by atoms with Crippen LogP contribution in [-0.4, -0.2) is 47.9 Å². The minimum Gasteiger partial charge on any atom is -0.336 e. The van der Waals surface area contributed by atoms with Crippen LogP contribution in [0.5, 0.6) is 0 Å². The molecule has 1 heterocycles. The molecule has 1 aromatic carbocycles. The number of nitrogens with one attached hydrogen (secondary N) is 3. The average Bonchev–Trinajstić information content (AvgIpc) is 2.57. The standard InChI is InChI=1S/C18H24Cl2N4O3/c1-11(2)21-18(27)23-16(25)10-24-8-4-3-5-15(24)17(26)22-12-6-7-13(19)14(20)9-12/h6-7,9,11,15H,3-5,8,10H2,1-2H3,(H,22,26)(H2,21,23,25,27). The van der Waals surface area contributed by atoms with Crippen LogP contribution in [0.3, 0.4) is 0 Å². The Labute approximate surface area is 168 Å². The minimum atomic E-state index is -0.538. The molecule has 1 aliphatic rings. The minimum absolute atomic E-state index is 0.0228. The molecule has 1 saturated heterocycles. The zero-order valence-electron chi connectivity index (χ0n) is 15.4. The summed E-state index contributed by atoms with van der Waals surface area (Å²) in [7, 11) is 0. The van der Waals surface area contributed by atoms with E-state index in [1.54, 1.807) is 36.9 Å². The maximum absolute atomic E-state index is 12.7. The molecular weight excluding hydrogens is 391 g/mol. The highest BCUT2D eigenvalue weighted by molar-refractivity contribution is 6.42. The van der Waals surface area contributed by atoms with E-state index < -0.39 is 18.0 Å². The quantitative estimate of drug-likeness (QED) is 0.690. The molecule has 1 atom stereocenters. The van der Waals surface area contributed by atoms with Crippen molar-refractivity contribution in [1.82, 2.24) is 15.5 Å². The van der Waals surface area contributed by atoms with Crippen LogP contribution in [0.2, 0.25) is 10.0 Å². The first-order chi connectivity index (χ1) is 12.8. The van der Waals surface area contributed by atoms with Crippen molar-refractivity contribution in [3.63, 3.8) is 0 Å². The summed E-state index contributed by atoms with van der Waals surface area (Å²) in [5.41, 5.74) is 0.542. The number of carbonyl (C=O) groups excluding carboxylic acids is 3. The molecule has 2 rings (SSSR count). The number of hydrogen-bond donors (Lipinski definition) is 3. The van der Waals surface area contributed by atoms with Gasteiger partial charge in [0.05, 0.1) is 22.6 Å². The molecule has 0 aromatic heterocycles. The van der Waals surface area contributed by atoms with Gasteiger partial charge in [0.1, 0.15) is 0 Å². The number of amides is 4. The summed E-state index contributed by atoms with van der Waals surface area (Å²) in [6.45, 7) is 4.19. The summed E-state index contributed by atoms with van der Waals surface area (Å²) in [4.78, 5) is 38.3. The predicted molar refractivity (Wildman–Crippen MR) is 106 cm³/mol. The predicted octanol–water partition coefficient (Wildman–Crippen LogP) is 3.02. The van der Waals surface area contributed by atoms with Gasteiger partial charge in [-0.1, -0.05) is 29.6 Å². The van der Waals surface area contributed by atoms with E-state index >= 15 is 0 Å². The molecule has 7 nitrogen and oxygen atoms in total. The van der Waals surface area contributed by atoms with E-state index in [1.807, 2.05) is 0 Å². The van der Waals surface area contributed by atoms with E-state index in [1.165, 1.54) is 0 Å². The monoisotopic (exact) mass is 414 g/mol. The Bertz CT molecular complexity index is 712. The molecule has 148 valence electrons. The van der Waals surface area contributed by atoms with E-state index in [4.69, 9.17) is 23.2 Å². The fourth-order valence-corrected chi connectivity index (χ4v) is 3.22. The number of likely N-dealkylation sites (tertiary alicyclic amines) is 1. The van der Waals surface area contributed by atoms with E-state index in [-0.39, 0.29) is 18.5 Å². The Kier molecular flexibility index (Phi) is 7.89. The van der Waals surface area contributed by atoms with Crippen molar-refractivity contribution < 1.29 is 14.4 Å². The second-order valence-corrected chi connectivity index (χ2v) is 7.59. The number of hydrogen-bond acceptors (Lipinski definition) is 4. The van der Waals surface area contributed by atoms with Gasteiger partial charge in [-0.25, -0.2) is 4.79 Å². The number of rotatable bonds is 5. The number of anilines is 1. The van der Waals surface area contributed by atoms with E-state index in [9.17, 15) is 14.4 Å². The molecule has 0 aliphatic carbocycles. The first-order valence-electron chi connectivity index (χ1n) is 8.86. The van der Waals surface area contributed by atoms with Crippen LogP contribution in [0.15, 0.2) is 18.2 Å². The average molecular weight is 415 g/mol. The zero-order chi connectivity index (χ0) is 20.0. The second-order valence-electron chi connectivity index (χ2n) is 6.78. The number of imide groups is 1. The molecule has 9 heteroatoms. The lowest BCUT2D eigenvalue weighted by Crippen LogP contribution is -2.52. The maximum Gasteiger partial charge on any atom is 0.321 e. The molecule has 1 aromatic rings. The summed E-state index contributed by atoms with van der Waals surface area (Å²) < 4.78 is 0. The van der Waals surface area contributed by atoms with Crippen LogP contribution in [0, 0.1) is 0 Å². The molecule has 4 amide bonds. The SMILES string of the molecule is CC(C)NC(=O)NC(=O)CN1CCCCC1C(=O)Nc1ccc(Cl)c(Cl)c1. The van der Waals surface area contributed by atoms with Gasteiger partial charge < -0.3 is 10.6 Å². The lowest BCUT2D eigenvalue weighted by molar-refractivity contribution is -0.126. The van der Waals surface area contributed by atoms with Gasteiger partial charge in [0.15, 0.2) is 0 Å². The zero-order valence-corrected chi connectivity index (χ0v) is 16.9. The van der Waals surface area contributed by atoms with Crippen LogP contribution in [-0.2, 0) is 9.59 Å². The van der Waals surface area contributed by atoms with Gasteiger partial charge in [0.25, 0.3) is 0 Å². The first-order valence-corrected chi connectivity index (χ1v) is 9.62. The Balaban J connectivity index is 1.96. The lowest BCUT2D eigenvalue weighted by atomic mass is 10.0. The number of piperidine rings is 1. The van der Waals surface area contributed by atoms with Gasteiger partial charge in [-0.15, -0.1) is 0 Å². The van der Waals surface area contributed by atoms with Gasteiger partial charge >= 0.3 is 6.03 Å². The fraction of sp³-hybridized carbons (Fsp3) is 0.500. The maximum atomic E-state index is 12.7. The fourth-order valence-electron chi connectivity index (χ4n) is 2.93. The normalized spacial score (nSPS) is 17.4. The van der Waals surface area contributed by atoms with Gasteiger partial charge in [0.2, 0.25) is 11.8 Å². The Morgan fingerprint density at radius 1 is 1.19 bits per heavy atom. The number of carbonyl (C=O) groups is 3. The Morgan fingerprint density at radius 2 is 1.93 bits per heavy atom. The summed E-state index contributed by atoms with van der Waals surface area (Å²) in [5, 5.41) is 8.46. The summed E-state index contributed by atoms with van der Waals surface area (Å²) in [5.74, 6) is -0.657. The van der Waals surface area contributed by atoms with Crippen LogP contribution < -0.4 is 16.0 Å². The third kappa shape index (κ3) is 6.68. The molecule has 3 N–H and O–H groups in total. The van der Waals surface area contributed by atoms with Gasteiger partial charge in [-0.05, 0) is 51.4 Å². The molecular formula is C18H24Cl2N4O3. The topological polar surface area (TPSA) is 90.5 Å². The van der Waals surface area contributed by atoms with Crippen molar-refractivity contribution in [2.24, 2.45) is 0 Å². The first kappa shape index (κ1) is 21.5. The molecule has 1 aliphatic heterocycles. The Morgan fingerprint density at radius 3 is 2.59 bits per heavy atom. The van der Waals surface area contributed by atoms with E-state index in [0.717, 1.165) is 12.8 Å². The molecule has 0 spiro atoms. The van der Waals surface area contributed by atoms with Gasteiger partial charge in [0, 0.05) is 11.7 Å². The largest absolute Gasteiger partial charge is 0.336 e.